The number of halogens is 1. The van der Waals surface area contributed by atoms with Crippen LogP contribution in [0.15, 0.2) is 53.6 Å². The zero-order valence-electron chi connectivity index (χ0n) is 14.9. The molecular formula is C20H20ClN3O2. The van der Waals surface area contributed by atoms with Gasteiger partial charge in [-0.3, -0.25) is 4.79 Å². The molecule has 0 aliphatic rings. The van der Waals surface area contributed by atoms with Gasteiger partial charge in [0.15, 0.2) is 0 Å². The number of aromatic nitrogens is 1. The van der Waals surface area contributed by atoms with Gasteiger partial charge < -0.3 is 9.30 Å². The Kier molecular flexibility index (Phi) is 5.28. The van der Waals surface area contributed by atoms with E-state index >= 15 is 0 Å². The van der Waals surface area contributed by atoms with E-state index in [1.807, 2.05) is 61.9 Å². The van der Waals surface area contributed by atoms with Crippen LogP contribution in [0.2, 0.25) is 5.02 Å². The zero-order valence-corrected chi connectivity index (χ0v) is 15.6. The van der Waals surface area contributed by atoms with Gasteiger partial charge in [0, 0.05) is 18.0 Å². The van der Waals surface area contributed by atoms with Gasteiger partial charge >= 0.3 is 0 Å². The minimum absolute atomic E-state index is 0.0482. The quantitative estimate of drug-likeness (QED) is 0.536. The van der Waals surface area contributed by atoms with Crippen LogP contribution in [0.4, 0.5) is 0 Å². The average Bonchev–Trinajstić information content (AvgIpc) is 2.94. The molecule has 0 saturated heterocycles. The summed E-state index contributed by atoms with van der Waals surface area (Å²) in [5.41, 5.74) is 4.86. The Morgan fingerprint density at radius 3 is 2.69 bits per heavy atom. The topological polar surface area (TPSA) is 55.6 Å². The van der Waals surface area contributed by atoms with Crippen LogP contribution < -0.4 is 10.2 Å². The third-order valence-electron chi connectivity index (χ3n) is 3.88. The lowest BCUT2D eigenvalue weighted by Crippen LogP contribution is -2.20. The molecule has 3 aromatic rings. The Balaban J connectivity index is 1.70. The van der Waals surface area contributed by atoms with Crippen molar-refractivity contribution in [1.82, 2.24) is 9.99 Å². The number of nitrogens with one attached hydrogen (secondary N) is 1. The first-order valence-corrected chi connectivity index (χ1v) is 8.67. The van der Waals surface area contributed by atoms with Crippen molar-refractivity contribution in [1.29, 1.82) is 0 Å². The molecule has 26 heavy (non-hydrogen) atoms. The van der Waals surface area contributed by atoms with Gasteiger partial charge in [-0.05, 0) is 49.7 Å². The standard InChI is InChI=1S/C20H20ClN3O2/c1-13(2)26-19-9-8-14(10-16(19)21)12-22-23-20(25)18-11-15-6-4-5-7-17(15)24(18)3/h4-13H,1-3H3,(H,23,25)/b22-12+. The fourth-order valence-electron chi connectivity index (χ4n) is 2.68. The van der Waals surface area contributed by atoms with Crippen molar-refractivity contribution in [2.45, 2.75) is 20.0 Å². The molecule has 0 spiro atoms. The fraction of sp³-hybridized carbons (Fsp3) is 0.200. The summed E-state index contributed by atoms with van der Waals surface area (Å²) in [6, 6.07) is 15.0. The minimum Gasteiger partial charge on any atom is -0.489 e. The molecule has 0 fully saturated rings. The zero-order chi connectivity index (χ0) is 18.7. The Hall–Kier alpha value is -2.79. The molecule has 6 heteroatoms. The second-order valence-electron chi connectivity index (χ2n) is 6.20. The van der Waals surface area contributed by atoms with Crippen molar-refractivity contribution in [3.63, 3.8) is 0 Å². The molecule has 1 aromatic heterocycles. The van der Waals surface area contributed by atoms with Crippen molar-refractivity contribution in [3.05, 3.63) is 64.8 Å². The number of para-hydroxylation sites is 1. The second kappa shape index (κ2) is 7.62. The van der Waals surface area contributed by atoms with Crippen molar-refractivity contribution in [2.24, 2.45) is 12.1 Å². The predicted molar refractivity (Wildman–Crippen MR) is 105 cm³/mol. The largest absolute Gasteiger partial charge is 0.489 e. The number of hydrogen-bond acceptors (Lipinski definition) is 3. The lowest BCUT2D eigenvalue weighted by atomic mass is 10.2. The van der Waals surface area contributed by atoms with E-state index in [0.717, 1.165) is 16.5 Å². The first kappa shape index (κ1) is 18.0. The van der Waals surface area contributed by atoms with Gasteiger partial charge in [-0.25, -0.2) is 5.43 Å². The van der Waals surface area contributed by atoms with Crippen molar-refractivity contribution >= 4 is 34.6 Å². The van der Waals surface area contributed by atoms with Gasteiger partial charge in [-0.1, -0.05) is 29.8 Å². The van der Waals surface area contributed by atoms with Crippen LogP contribution in [0.3, 0.4) is 0 Å². The molecule has 0 aliphatic heterocycles. The summed E-state index contributed by atoms with van der Waals surface area (Å²) in [6.07, 6.45) is 1.60. The maximum atomic E-state index is 12.4. The predicted octanol–water partition coefficient (Wildman–Crippen LogP) is 4.38. The number of carbonyl (C=O) groups excluding carboxylic acids is 1. The number of aryl methyl sites for hydroxylation is 1. The fourth-order valence-corrected chi connectivity index (χ4v) is 2.91. The highest BCUT2D eigenvalue weighted by molar-refractivity contribution is 6.32. The minimum atomic E-state index is -0.272. The van der Waals surface area contributed by atoms with Gasteiger partial charge in [-0.15, -0.1) is 0 Å². The Labute approximate surface area is 157 Å². The number of amides is 1. The van der Waals surface area contributed by atoms with E-state index in [0.29, 0.717) is 16.5 Å². The normalized spacial score (nSPS) is 11.4. The molecular weight excluding hydrogens is 350 g/mol. The molecule has 0 unspecified atom stereocenters. The molecule has 0 aliphatic carbocycles. The maximum absolute atomic E-state index is 12.4. The summed E-state index contributed by atoms with van der Waals surface area (Å²) in [6.45, 7) is 3.88. The van der Waals surface area contributed by atoms with E-state index in [4.69, 9.17) is 16.3 Å². The molecule has 1 amide bonds. The summed E-state index contributed by atoms with van der Waals surface area (Å²) in [5, 5.41) is 5.54. The van der Waals surface area contributed by atoms with E-state index in [1.54, 1.807) is 18.3 Å². The van der Waals surface area contributed by atoms with Gasteiger partial charge in [0.2, 0.25) is 0 Å². The molecule has 2 aromatic carbocycles. The Morgan fingerprint density at radius 1 is 1.23 bits per heavy atom. The summed E-state index contributed by atoms with van der Waals surface area (Å²) in [5.74, 6) is 0.351. The number of carbonyl (C=O) groups is 1. The number of hydrazone groups is 1. The lowest BCUT2D eigenvalue weighted by Gasteiger charge is -2.11. The molecule has 0 radical (unpaired) electrons. The van der Waals surface area contributed by atoms with Gasteiger partial charge in [0.05, 0.1) is 17.3 Å². The molecule has 5 nitrogen and oxygen atoms in total. The molecule has 3 rings (SSSR count). The average molecular weight is 370 g/mol. The number of ether oxygens (including phenoxy) is 1. The van der Waals surface area contributed by atoms with E-state index in [1.165, 1.54) is 0 Å². The number of benzene rings is 2. The molecule has 134 valence electrons. The summed E-state index contributed by atoms with van der Waals surface area (Å²) < 4.78 is 7.44. The monoisotopic (exact) mass is 369 g/mol. The SMILES string of the molecule is CC(C)Oc1ccc(/C=N/NC(=O)c2cc3ccccc3n2C)cc1Cl. The first-order chi connectivity index (χ1) is 12.5. The first-order valence-electron chi connectivity index (χ1n) is 8.30. The highest BCUT2D eigenvalue weighted by Crippen LogP contribution is 2.25. The van der Waals surface area contributed by atoms with Crippen LogP contribution in [0.1, 0.15) is 29.9 Å². The van der Waals surface area contributed by atoms with Crippen LogP contribution in [0.5, 0.6) is 5.75 Å². The van der Waals surface area contributed by atoms with Gasteiger partial charge in [0.1, 0.15) is 11.4 Å². The molecule has 0 saturated carbocycles. The van der Waals surface area contributed by atoms with Gasteiger partial charge in [-0.2, -0.15) is 5.10 Å². The van der Waals surface area contributed by atoms with Crippen molar-refractivity contribution < 1.29 is 9.53 Å². The summed E-state index contributed by atoms with van der Waals surface area (Å²) >= 11 is 6.20. The van der Waals surface area contributed by atoms with Crippen LogP contribution >= 0.6 is 11.6 Å². The third-order valence-corrected chi connectivity index (χ3v) is 4.18. The van der Waals surface area contributed by atoms with E-state index in [2.05, 4.69) is 10.5 Å². The summed E-state index contributed by atoms with van der Waals surface area (Å²) in [7, 11) is 1.86. The third kappa shape index (κ3) is 3.89. The number of fused-ring (bicyclic) bond motifs is 1. The van der Waals surface area contributed by atoms with Crippen LogP contribution in [-0.4, -0.2) is 22.8 Å². The highest BCUT2D eigenvalue weighted by atomic mass is 35.5. The number of nitrogens with zero attached hydrogens (tertiary/aromatic N) is 2. The number of rotatable bonds is 5. The van der Waals surface area contributed by atoms with E-state index in [-0.39, 0.29) is 12.0 Å². The van der Waals surface area contributed by atoms with Gasteiger partial charge in [0.25, 0.3) is 5.91 Å². The van der Waals surface area contributed by atoms with Crippen molar-refractivity contribution in [3.8, 4) is 5.75 Å². The lowest BCUT2D eigenvalue weighted by molar-refractivity contribution is 0.0947. The molecule has 1 heterocycles. The van der Waals surface area contributed by atoms with Crippen LogP contribution in [0.25, 0.3) is 10.9 Å². The molecule has 0 bridgehead atoms. The van der Waals surface area contributed by atoms with Crippen LogP contribution in [0, 0.1) is 0 Å². The van der Waals surface area contributed by atoms with E-state index in [9.17, 15) is 4.79 Å². The highest BCUT2D eigenvalue weighted by Gasteiger charge is 2.12. The molecule has 1 N–H and O–H groups in total. The summed E-state index contributed by atoms with van der Waals surface area (Å²) in [4.78, 5) is 12.4. The van der Waals surface area contributed by atoms with Crippen molar-refractivity contribution in [2.75, 3.05) is 0 Å². The Morgan fingerprint density at radius 2 is 2.00 bits per heavy atom. The van der Waals surface area contributed by atoms with E-state index < -0.39 is 0 Å². The maximum Gasteiger partial charge on any atom is 0.287 e. The van der Waals surface area contributed by atoms with Crippen LogP contribution in [-0.2, 0) is 7.05 Å². The smallest absolute Gasteiger partial charge is 0.287 e. The molecule has 0 atom stereocenters. The second-order valence-corrected chi connectivity index (χ2v) is 6.61. The Bertz CT molecular complexity index is 976. The number of hydrogen-bond donors (Lipinski definition) is 1.